The number of aryl methyl sites for hydroxylation is 2. The van der Waals surface area contributed by atoms with Gasteiger partial charge in [-0.25, -0.2) is 13.8 Å². The molecule has 2 aromatic carbocycles. The van der Waals surface area contributed by atoms with Crippen LogP contribution in [0.5, 0.6) is 11.6 Å². The molecule has 4 rings (SSSR count). The van der Waals surface area contributed by atoms with Crippen LogP contribution in [0.2, 0.25) is 0 Å². The molecule has 0 aliphatic carbocycles. The van der Waals surface area contributed by atoms with Crippen molar-refractivity contribution in [1.29, 1.82) is 5.26 Å². The number of hydrogen-bond acceptors (Lipinski definition) is 6. The lowest BCUT2D eigenvalue weighted by Gasteiger charge is -2.32. The maximum absolute atomic E-state index is 14.0. The number of nitrogens with one attached hydrogen (secondary N) is 1. The van der Waals surface area contributed by atoms with Crippen molar-refractivity contribution in [3.63, 3.8) is 0 Å². The molecule has 1 fully saturated rings. The molecule has 176 valence electrons. The van der Waals surface area contributed by atoms with Crippen LogP contribution in [-0.2, 0) is 6.54 Å². The number of hydrogen-bond donors (Lipinski definition) is 1. The fourth-order valence-electron chi connectivity index (χ4n) is 4.09. The molecule has 9 heteroatoms. The van der Waals surface area contributed by atoms with Crippen LogP contribution in [0.25, 0.3) is 0 Å². The van der Waals surface area contributed by atoms with Crippen LogP contribution in [0.15, 0.2) is 41.0 Å². The number of rotatable bonds is 6. The van der Waals surface area contributed by atoms with Crippen LogP contribution in [-0.4, -0.2) is 34.0 Å². The second-order valence-electron chi connectivity index (χ2n) is 8.41. The predicted octanol–water partition coefficient (Wildman–Crippen LogP) is 5.87. The first-order valence-electron chi connectivity index (χ1n) is 11.0. The minimum absolute atomic E-state index is 0.154. The third-order valence-corrected chi connectivity index (χ3v) is 6.39. The van der Waals surface area contributed by atoms with Gasteiger partial charge < -0.3 is 10.1 Å². The number of piperidine rings is 1. The van der Waals surface area contributed by atoms with E-state index in [-0.39, 0.29) is 6.04 Å². The molecule has 6 nitrogen and oxygen atoms in total. The fraction of sp³-hybridized carbons (Fsp3) is 0.320. The van der Waals surface area contributed by atoms with Crippen molar-refractivity contribution in [2.24, 2.45) is 0 Å². The Bertz CT molecular complexity index is 1220. The summed E-state index contributed by atoms with van der Waals surface area (Å²) < 4.78 is 34.1. The molecule has 0 unspecified atom stereocenters. The summed E-state index contributed by atoms with van der Waals surface area (Å²) in [5, 5.41) is 12.5. The molecule has 0 spiro atoms. The highest BCUT2D eigenvalue weighted by Gasteiger charge is 2.22. The highest BCUT2D eigenvalue weighted by molar-refractivity contribution is 9.10. The topological polar surface area (TPSA) is 74.1 Å². The predicted molar refractivity (Wildman–Crippen MR) is 129 cm³/mol. The van der Waals surface area contributed by atoms with Gasteiger partial charge in [0, 0.05) is 31.2 Å². The second-order valence-corrected chi connectivity index (χ2v) is 9.26. The lowest BCUT2D eigenvalue weighted by atomic mass is 10.0. The molecule has 0 radical (unpaired) electrons. The van der Waals surface area contributed by atoms with E-state index >= 15 is 0 Å². The Hall–Kier alpha value is -3.09. The third-order valence-electron chi connectivity index (χ3n) is 5.85. The summed E-state index contributed by atoms with van der Waals surface area (Å²) in [6.45, 7) is 5.66. The van der Waals surface area contributed by atoms with Crippen molar-refractivity contribution in [1.82, 2.24) is 14.9 Å². The van der Waals surface area contributed by atoms with Crippen LogP contribution < -0.4 is 10.1 Å². The number of halogens is 3. The maximum Gasteiger partial charge on any atom is 0.238 e. The van der Waals surface area contributed by atoms with Gasteiger partial charge in [0.05, 0.1) is 22.3 Å². The van der Waals surface area contributed by atoms with E-state index in [9.17, 15) is 8.78 Å². The van der Waals surface area contributed by atoms with E-state index < -0.39 is 11.6 Å². The molecule has 1 N–H and O–H groups in total. The molecule has 0 amide bonds. The van der Waals surface area contributed by atoms with Gasteiger partial charge in [-0.15, -0.1) is 0 Å². The standard InChI is InChI=1S/C25H24BrF2N5O/c1-15-10-17(12-29)11-16(2)23(15)34-24-20(26)13-30-25(32-24)31-19-6-8-33(9-7-19)14-18-4-3-5-21(27)22(18)28/h3-5,10-11,13,19H,6-9,14H2,1-2H3,(H,30,31,32). The average molecular weight is 528 g/mol. The van der Waals surface area contributed by atoms with Crippen LogP contribution in [0.4, 0.5) is 14.7 Å². The highest BCUT2D eigenvalue weighted by atomic mass is 79.9. The molecule has 3 aromatic rings. The van der Waals surface area contributed by atoms with Gasteiger partial charge in [0.25, 0.3) is 0 Å². The molecule has 1 saturated heterocycles. The van der Waals surface area contributed by atoms with E-state index in [1.54, 1.807) is 24.4 Å². The Morgan fingerprint density at radius 3 is 2.59 bits per heavy atom. The molecular formula is C25H24BrF2N5O. The van der Waals surface area contributed by atoms with Crippen molar-refractivity contribution in [3.8, 4) is 17.7 Å². The van der Waals surface area contributed by atoms with Crippen LogP contribution in [0, 0.1) is 36.8 Å². The molecule has 0 atom stereocenters. The zero-order valence-corrected chi connectivity index (χ0v) is 20.5. The first kappa shape index (κ1) is 24.0. The van der Waals surface area contributed by atoms with Gasteiger partial charge >= 0.3 is 0 Å². The van der Waals surface area contributed by atoms with Crippen molar-refractivity contribution in [2.75, 3.05) is 18.4 Å². The summed E-state index contributed by atoms with van der Waals surface area (Å²) in [4.78, 5) is 11.0. The number of benzene rings is 2. The third kappa shape index (κ3) is 5.51. The van der Waals surface area contributed by atoms with Crippen molar-refractivity contribution in [2.45, 2.75) is 39.3 Å². The summed E-state index contributed by atoms with van der Waals surface area (Å²) in [6, 6.07) is 10.1. The summed E-state index contributed by atoms with van der Waals surface area (Å²) in [5.74, 6) is -0.0939. The van der Waals surface area contributed by atoms with Gasteiger partial charge in [0.2, 0.25) is 11.8 Å². The number of aromatic nitrogens is 2. The number of nitrogens with zero attached hydrogens (tertiary/aromatic N) is 4. The zero-order chi connectivity index (χ0) is 24.2. The fourth-order valence-corrected chi connectivity index (χ4v) is 4.37. The van der Waals surface area contributed by atoms with Gasteiger partial charge in [-0.05, 0) is 71.9 Å². The number of anilines is 1. The lowest BCUT2D eigenvalue weighted by Crippen LogP contribution is -2.39. The van der Waals surface area contributed by atoms with E-state index in [1.807, 2.05) is 13.8 Å². The summed E-state index contributed by atoms with van der Waals surface area (Å²) >= 11 is 3.45. The maximum atomic E-state index is 14.0. The lowest BCUT2D eigenvalue weighted by molar-refractivity contribution is 0.208. The van der Waals surface area contributed by atoms with Gasteiger partial charge in [0.1, 0.15) is 5.75 Å². The van der Waals surface area contributed by atoms with Gasteiger partial charge in [-0.2, -0.15) is 10.2 Å². The first-order chi connectivity index (χ1) is 16.3. The first-order valence-corrected chi connectivity index (χ1v) is 11.8. The molecule has 0 bridgehead atoms. The Balaban J connectivity index is 1.39. The van der Waals surface area contributed by atoms with Crippen LogP contribution in [0.3, 0.4) is 0 Å². The zero-order valence-electron chi connectivity index (χ0n) is 18.9. The Morgan fingerprint density at radius 1 is 1.21 bits per heavy atom. The van der Waals surface area contributed by atoms with E-state index in [2.05, 4.69) is 42.2 Å². The minimum atomic E-state index is -0.814. The van der Waals surface area contributed by atoms with Crippen LogP contribution in [0.1, 0.15) is 35.1 Å². The number of nitriles is 1. The molecule has 1 aromatic heterocycles. The van der Waals surface area contributed by atoms with Crippen LogP contribution >= 0.6 is 15.9 Å². The molecule has 0 saturated carbocycles. The minimum Gasteiger partial charge on any atom is -0.437 e. The highest BCUT2D eigenvalue weighted by Crippen LogP contribution is 2.33. The second kappa shape index (κ2) is 10.5. The van der Waals surface area contributed by atoms with Crippen molar-refractivity contribution < 1.29 is 13.5 Å². The van der Waals surface area contributed by atoms with E-state index in [4.69, 9.17) is 10.00 Å². The number of likely N-dealkylation sites (tertiary alicyclic amines) is 1. The SMILES string of the molecule is Cc1cc(C#N)cc(C)c1Oc1nc(NC2CCN(Cc3cccc(F)c3F)CC2)ncc1Br. The monoisotopic (exact) mass is 527 g/mol. The largest absolute Gasteiger partial charge is 0.437 e. The quantitative estimate of drug-likeness (QED) is 0.431. The molecule has 1 aliphatic heterocycles. The van der Waals surface area contributed by atoms with E-state index in [0.717, 1.165) is 43.1 Å². The molecule has 2 heterocycles. The normalized spacial score (nSPS) is 14.6. The van der Waals surface area contributed by atoms with Gasteiger partial charge in [-0.3, -0.25) is 4.90 Å². The smallest absolute Gasteiger partial charge is 0.238 e. The molecular weight excluding hydrogens is 504 g/mol. The number of ether oxygens (including phenoxy) is 1. The van der Waals surface area contributed by atoms with E-state index in [1.165, 1.54) is 6.07 Å². The summed E-state index contributed by atoms with van der Waals surface area (Å²) in [5.41, 5.74) is 2.65. The summed E-state index contributed by atoms with van der Waals surface area (Å²) in [7, 11) is 0. The van der Waals surface area contributed by atoms with Gasteiger partial charge in [0.15, 0.2) is 11.6 Å². The summed E-state index contributed by atoms with van der Waals surface area (Å²) in [6.07, 6.45) is 3.28. The Kier molecular flexibility index (Phi) is 7.39. The average Bonchev–Trinajstić information content (AvgIpc) is 2.82. The van der Waals surface area contributed by atoms with E-state index in [0.29, 0.717) is 39.7 Å². The Labute approximate surface area is 205 Å². The van der Waals surface area contributed by atoms with Crippen molar-refractivity contribution in [3.05, 3.63) is 74.9 Å². The van der Waals surface area contributed by atoms with Gasteiger partial charge in [-0.1, -0.05) is 12.1 Å². The van der Waals surface area contributed by atoms with Crippen molar-refractivity contribution >= 4 is 21.9 Å². The molecule has 34 heavy (non-hydrogen) atoms. The Morgan fingerprint density at radius 2 is 1.91 bits per heavy atom. The molecule has 1 aliphatic rings.